The van der Waals surface area contributed by atoms with Gasteiger partial charge in [-0.25, -0.2) is 4.98 Å². The lowest BCUT2D eigenvalue weighted by molar-refractivity contribution is -0.00272. The Morgan fingerprint density at radius 1 is 1.43 bits per heavy atom. The molecule has 2 heterocycles. The fourth-order valence-corrected chi connectivity index (χ4v) is 3.21. The predicted octanol–water partition coefficient (Wildman–Crippen LogP) is 3.03. The van der Waals surface area contributed by atoms with Gasteiger partial charge in [-0.1, -0.05) is 0 Å². The van der Waals surface area contributed by atoms with E-state index < -0.39 is 0 Å². The van der Waals surface area contributed by atoms with Gasteiger partial charge in [-0.2, -0.15) is 0 Å². The average molecular weight is 311 g/mol. The van der Waals surface area contributed by atoms with Crippen LogP contribution in [0.25, 0.3) is 0 Å². The van der Waals surface area contributed by atoms with E-state index in [4.69, 9.17) is 9.72 Å². The lowest BCUT2D eigenvalue weighted by Gasteiger charge is -2.27. The lowest BCUT2D eigenvalue weighted by atomic mass is 10.1. The third kappa shape index (κ3) is 6.43. The third-order valence-electron chi connectivity index (χ3n) is 3.59. The molecule has 0 aromatic carbocycles. The zero-order valence-corrected chi connectivity index (χ0v) is 14.6. The van der Waals surface area contributed by atoms with E-state index in [0.717, 1.165) is 26.2 Å². The van der Waals surface area contributed by atoms with Crippen LogP contribution >= 0.6 is 11.3 Å². The Labute approximate surface area is 132 Å². The summed E-state index contributed by atoms with van der Waals surface area (Å²) in [6.45, 7) is 10.2. The number of nitrogens with zero attached hydrogens (tertiary/aromatic N) is 2. The Morgan fingerprint density at radius 3 is 2.90 bits per heavy atom. The van der Waals surface area contributed by atoms with Gasteiger partial charge >= 0.3 is 0 Å². The topological polar surface area (TPSA) is 37.4 Å². The average Bonchev–Trinajstić information content (AvgIpc) is 2.84. The lowest BCUT2D eigenvalue weighted by Crippen LogP contribution is -2.35. The normalized spacial score (nSPS) is 20.1. The molecule has 5 heteroatoms. The highest BCUT2D eigenvalue weighted by Gasteiger charge is 2.16. The SMILES string of the molecule is CN(Cc1csc(CNC(C)(C)C)n1)CC1CCCCO1. The molecule has 120 valence electrons. The summed E-state index contributed by atoms with van der Waals surface area (Å²) >= 11 is 1.75. The molecule has 0 amide bonds. The minimum absolute atomic E-state index is 0.140. The Balaban J connectivity index is 1.75. The molecule has 21 heavy (non-hydrogen) atoms. The van der Waals surface area contributed by atoms with Gasteiger partial charge < -0.3 is 10.1 Å². The fraction of sp³-hybridized carbons (Fsp3) is 0.812. The van der Waals surface area contributed by atoms with Gasteiger partial charge in [0.2, 0.25) is 0 Å². The van der Waals surface area contributed by atoms with E-state index in [0.29, 0.717) is 6.10 Å². The maximum atomic E-state index is 5.80. The van der Waals surface area contributed by atoms with Crippen molar-refractivity contribution in [3.05, 3.63) is 16.1 Å². The first-order valence-corrected chi connectivity index (χ1v) is 8.79. The van der Waals surface area contributed by atoms with Crippen molar-refractivity contribution < 1.29 is 4.74 Å². The summed E-state index contributed by atoms with van der Waals surface area (Å²) in [5, 5.41) is 6.83. The van der Waals surface area contributed by atoms with E-state index >= 15 is 0 Å². The maximum absolute atomic E-state index is 5.80. The largest absolute Gasteiger partial charge is 0.377 e. The van der Waals surface area contributed by atoms with Crippen LogP contribution in [0.1, 0.15) is 50.7 Å². The van der Waals surface area contributed by atoms with Gasteiger partial charge in [-0.3, -0.25) is 4.90 Å². The molecule has 1 unspecified atom stereocenters. The molecule has 0 spiro atoms. The maximum Gasteiger partial charge on any atom is 0.107 e. The molecule has 1 saturated heterocycles. The van der Waals surface area contributed by atoms with Crippen molar-refractivity contribution in [2.45, 2.75) is 64.8 Å². The molecular weight excluding hydrogens is 282 g/mol. The second-order valence-electron chi connectivity index (χ2n) is 7.02. The molecule has 2 rings (SSSR count). The highest BCUT2D eigenvalue weighted by Crippen LogP contribution is 2.16. The smallest absolute Gasteiger partial charge is 0.107 e. The molecule has 4 nitrogen and oxygen atoms in total. The highest BCUT2D eigenvalue weighted by atomic mass is 32.1. The summed E-state index contributed by atoms with van der Waals surface area (Å²) in [6, 6.07) is 0. The van der Waals surface area contributed by atoms with Gasteiger partial charge in [-0.15, -0.1) is 11.3 Å². The summed E-state index contributed by atoms with van der Waals surface area (Å²) in [5.41, 5.74) is 1.31. The van der Waals surface area contributed by atoms with E-state index in [1.165, 1.54) is 30.0 Å². The summed E-state index contributed by atoms with van der Waals surface area (Å²) in [7, 11) is 2.16. The van der Waals surface area contributed by atoms with Crippen molar-refractivity contribution in [2.24, 2.45) is 0 Å². The molecule has 0 aliphatic carbocycles. The van der Waals surface area contributed by atoms with Crippen LogP contribution in [0, 0.1) is 0 Å². The minimum atomic E-state index is 0.140. The number of hydrogen-bond donors (Lipinski definition) is 1. The van der Waals surface area contributed by atoms with E-state index in [1.807, 2.05) is 0 Å². The summed E-state index contributed by atoms with van der Waals surface area (Å²) < 4.78 is 5.80. The molecular formula is C16H29N3OS. The Kier molecular flexibility index (Phi) is 6.17. The van der Waals surface area contributed by atoms with E-state index in [1.54, 1.807) is 11.3 Å². The fourth-order valence-electron chi connectivity index (χ4n) is 2.48. The number of likely N-dealkylation sites (N-methyl/N-ethyl adjacent to an activating group) is 1. The van der Waals surface area contributed by atoms with Crippen LogP contribution in [0.2, 0.25) is 0 Å². The molecule has 1 aromatic heterocycles. The molecule has 1 aliphatic heterocycles. The van der Waals surface area contributed by atoms with Crippen molar-refractivity contribution >= 4 is 11.3 Å². The van der Waals surface area contributed by atoms with Crippen molar-refractivity contribution in [1.82, 2.24) is 15.2 Å². The molecule has 0 saturated carbocycles. The van der Waals surface area contributed by atoms with Crippen LogP contribution in [0.3, 0.4) is 0 Å². The Bertz CT molecular complexity index is 421. The Hall–Kier alpha value is -0.490. The van der Waals surface area contributed by atoms with E-state index in [-0.39, 0.29) is 5.54 Å². The van der Waals surface area contributed by atoms with Crippen LogP contribution in [0.4, 0.5) is 0 Å². The van der Waals surface area contributed by atoms with Gasteiger partial charge in [0.25, 0.3) is 0 Å². The van der Waals surface area contributed by atoms with Gasteiger partial charge in [0.05, 0.1) is 11.8 Å². The quantitative estimate of drug-likeness (QED) is 0.876. The standard InChI is InChI=1S/C16H29N3OS/c1-16(2,3)17-9-15-18-13(12-21-15)10-19(4)11-14-7-5-6-8-20-14/h12,14,17H,5-11H2,1-4H3. The first kappa shape index (κ1) is 16.9. The molecule has 1 aromatic rings. The van der Waals surface area contributed by atoms with Gasteiger partial charge in [0, 0.05) is 37.2 Å². The van der Waals surface area contributed by atoms with Crippen LogP contribution in [0.15, 0.2) is 5.38 Å². The van der Waals surface area contributed by atoms with E-state index in [2.05, 4.69) is 43.4 Å². The van der Waals surface area contributed by atoms with E-state index in [9.17, 15) is 0 Å². The second kappa shape index (κ2) is 7.68. The van der Waals surface area contributed by atoms with Crippen LogP contribution in [-0.4, -0.2) is 41.7 Å². The number of nitrogens with one attached hydrogen (secondary N) is 1. The van der Waals surface area contributed by atoms with Crippen LogP contribution < -0.4 is 5.32 Å². The molecule has 0 radical (unpaired) electrons. The number of ether oxygens (including phenoxy) is 1. The number of thiazole rings is 1. The zero-order chi connectivity index (χ0) is 15.3. The van der Waals surface area contributed by atoms with Crippen LogP contribution in [-0.2, 0) is 17.8 Å². The van der Waals surface area contributed by atoms with Crippen molar-refractivity contribution in [1.29, 1.82) is 0 Å². The second-order valence-corrected chi connectivity index (χ2v) is 7.96. The minimum Gasteiger partial charge on any atom is -0.377 e. The van der Waals surface area contributed by atoms with Crippen molar-refractivity contribution in [3.63, 3.8) is 0 Å². The third-order valence-corrected chi connectivity index (χ3v) is 4.49. The number of aromatic nitrogens is 1. The number of hydrogen-bond acceptors (Lipinski definition) is 5. The molecule has 1 N–H and O–H groups in total. The summed E-state index contributed by atoms with van der Waals surface area (Å²) in [5.74, 6) is 0. The van der Waals surface area contributed by atoms with Crippen molar-refractivity contribution in [2.75, 3.05) is 20.2 Å². The van der Waals surface area contributed by atoms with Crippen molar-refractivity contribution in [3.8, 4) is 0 Å². The van der Waals surface area contributed by atoms with Gasteiger partial charge in [0.1, 0.15) is 5.01 Å². The van der Waals surface area contributed by atoms with Gasteiger partial charge in [0.15, 0.2) is 0 Å². The molecule has 1 fully saturated rings. The molecule has 1 atom stereocenters. The monoisotopic (exact) mass is 311 g/mol. The first-order valence-electron chi connectivity index (χ1n) is 7.91. The molecule has 1 aliphatic rings. The summed E-state index contributed by atoms with van der Waals surface area (Å²) in [4.78, 5) is 7.05. The first-order chi connectivity index (χ1) is 9.92. The predicted molar refractivity (Wildman–Crippen MR) is 88.6 cm³/mol. The molecule has 0 bridgehead atoms. The van der Waals surface area contributed by atoms with Gasteiger partial charge in [-0.05, 0) is 47.1 Å². The highest BCUT2D eigenvalue weighted by molar-refractivity contribution is 7.09. The summed E-state index contributed by atoms with van der Waals surface area (Å²) in [6.07, 6.45) is 4.13. The number of rotatable bonds is 6. The zero-order valence-electron chi connectivity index (χ0n) is 13.8. The Morgan fingerprint density at radius 2 is 2.24 bits per heavy atom. The van der Waals surface area contributed by atoms with Crippen LogP contribution in [0.5, 0.6) is 0 Å².